The summed E-state index contributed by atoms with van der Waals surface area (Å²) in [6, 6.07) is 0. The van der Waals surface area contributed by atoms with Crippen LogP contribution < -0.4 is 0 Å². The summed E-state index contributed by atoms with van der Waals surface area (Å²) >= 11 is 7.44. The molecule has 1 aromatic heterocycles. The number of unbranched alkanes of at least 4 members (excludes halogenated alkanes) is 1. The first-order valence-corrected chi connectivity index (χ1v) is 9.24. The van der Waals surface area contributed by atoms with E-state index in [9.17, 15) is 4.21 Å². The van der Waals surface area contributed by atoms with Gasteiger partial charge in [0, 0.05) is 40.8 Å². The lowest BCUT2D eigenvalue weighted by Crippen LogP contribution is -2.38. The Morgan fingerprint density at radius 3 is 2.83 bits per heavy atom. The van der Waals surface area contributed by atoms with Crippen LogP contribution in [0.25, 0.3) is 0 Å². The van der Waals surface area contributed by atoms with Crippen molar-refractivity contribution in [2.75, 3.05) is 31.1 Å². The summed E-state index contributed by atoms with van der Waals surface area (Å²) in [7, 11) is -0.559. The SMILES string of the molecule is O=S1CCN(CCCCc2nc(CCl)cs2)CC1. The van der Waals surface area contributed by atoms with E-state index in [4.69, 9.17) is 11.6 Å². The first-order chi connectivity index (χ1) is 8.78. The van der Waals surface area contributed by atoms with Crippen LogP contribution in [-0.4, -0.2) is 45.2 Å². The highest BCUT2D eigenvalue weighted by Gasteiger charge is 2.14. The summed E-state index contributed by atoms with van der Waals surface area (Å²) in [6.07, 6.45) is 3.43. The molecule has 0 atom stereocenters. The topological polar surface area (TPSA) is 33.2 Å². The summed E-state index contributed by atoms with van der Waals surface area (Å²) in [5, 5.41) is 3.24. The third kappa shape index (κ3) is 4.61. The van der Waals surface area contributed by atoms with Crippen LogP contribution in [0, 0.1) is 0 Å². The van der Waals surface area contributed by atoms with Crippen LogP contribution in [0.1, 0.15) is 23.5 Å². The molecule has 0 aromatic carbocycles. The lowest BCUT2D eigenvalue weighted by molar-refractivity contribution is 0.293. The molecule has 0 spiro atoms. The van der Waals surface area contributed by atoms with Crippen molar-refractivity contribution in [2.45, 2.75) is 25.1 Å². The van der Waals surface area contributed by atoms with Gasteiger partial charge in [-0.1, -0.05) is 0 Å². The fourth-order valence-electron chi connectivity index (χ4n) is 2.04. The van der Waals surface area contributed by atoms with Crippen LogP contribution in [-0.2, 0) is 23.1 Å². The number of aryl methyl sites for hydroxylation is 1. The number of rotatable bonds is 6. The van der Waals surface area contributed by atoms with E-state index in [1.165, 1.54) is 17.8 Å². The van der Waals surface area contributed by atoms with Gasteiger partial charge in [0.1, 0.15) is 0 Å². The molecule has 2 heterocycles. The second-order valence-corrected chi connectivity index (χ2v) is 7.42. The third-order valence-corrected chi connectivity index (χ3v) is 5.63. The maximum absolute atomic E-state index is 11.2. The van der Waals surface area contributed by atoms with Crippen LogP contribution >= 0.6 is 22.9 Å². The van der Waals surface area contributed by atoms with Crippen LogP contribution in [0.4, 0.5) is 0 Å². The summed E-state index contributed by atoms with van der Waals surface area (Å²) in [5.74, 6) is 2.22. The number of aromatic nitrogens is 1. The first kappa shape index (κ1) is 14.4. The van der Waals surface area contributed by atoms with Crippen molar-refractivity contribution < 1.29 is 4.21 Å². The summed E-state index contributed by atoms with van der Waals surface area (Å²) in [4.78, 5) is 6.88. The molecule has 0 unspecified atom stereocenters. The Balaban J connectivity index is 1.59. The lowest BCUT2D eigenvalue weighted by Gasteiger charge is -2.25. The van der Waals surface area contributed by atoms with Crippen LogP contribution in [0.2, 0.25) is 0 Å². The maximum Gasteiger partial charge on any atom is 0.0928 e. The van der Waals surface area contributed by atoms with E-state index in [0.717, 1.165) is 43.3 Å². The molecule has 1 aliphatic rings. The summed E-state index contributed by atoms with van der Waals surface area (Å²) in [6.45, 7) is 3.13. The van der Waals surface area contributed by atoms with Gasteiger partial charge in [-0.25, -0.2) is 4.98 Å². The van der Waals surface area contributed by atoms with Crippen LogP contribution in [0.15, 0.2) is 5.38 Å². The third-order valence-electron chi connectivity index (χ3n) is 3.12. The predicted molar refractivity (Wildman–Crippen MR) is 78.9 cm³/mol. The highest BCUT2D eigenvalue weighted by Crippen LogP contribution is 2.14. The van der Waals surface area contributed by atoms with Crippen molar-refractivity contribution in [3.8, 4) is 0 Å². The minimum atomic E-state index is -0.559. The Hall–Kier alpha value is 0.0300. The Morgan fingerprint density at radius 1 is 1.39 bits per heavy atom. The van der Waals surface area contributed by atoms with Gasteiger partial charge in [0.15, 0.2) is 0 Å². The number of nitrogens with zero attached hydrogens (tertiary/aromatic N) is 2. The quantitative estimate of drug-likeness (QED) is 0.597. The molecule has 1 fully saturated rings. The molecule has 0 amide bonds. The van der Waals surface area contributed by atoms with Crippen molar-refractivity contribution in [3.05, 3.63) is 16.1 Å². The van der Waals surface area contributed by atoms with Crippen molar-refractivity contribution in [1.82, 2.24) is 9.88 Å². The Bertz CT molecular complexity index is 387. The Morgan fingerprint density at radius 2 is 2.17 bits per heavy atom. The number of hydrogen-bond donors (Lipinski definition) is 0. The van der Waals surface area contributed by atoms with Gasteiger partial charge in [-0.2, -0.15) is 0 Å². The van der Waals surface area contributed by atoms with E-state index >= 15 is 0 Å². The average molecular weight is 307 g/mol. The minimum absolute atomic E-state index is 0.515. The molecule has 0 radical (unpaired) electrons. The molecule has 1 aliphatic heterocycles. The molecule has 0 bridgehead atoms. The first-order valence-electron chi connectivity index (χ1n) is 6.34. The van der Waals surface area contributed by atoms with Gasteiger partial charge < -0.3 is 4.90 Å². The van der Waals surface area contributed by atoms with Crippen molar-refractivity contribution in [3.63, 3.8) is 0 Å². The molecule has 102 valence electrons. The molecule has 6 heteroatoms. The van der Waals surface area contributed by atoms with Crippen LogP contribution in [0.5, 0.6) is 0 Å². The van der Waals surface area contributed by atoms with Gasteiger partial charge in [0.25, 0.3) is 0 Å². The van der Waals surface area contributed by atoms with E-state index in [-0.39, 0.29) is 0 Å². The molecule has 1 aromatic rings. The average Bonchev–Trinajstić information content (AvgIpc) is 2.85. The van der Waals surface area contributed by atoms with Gasteiger partial charge in [-0.15, -0.1) is 22.9 Å². The van der Waals surface area contributed by atoms with Gasteiger partial charge in [-0.05, 0) is 25.8 Å². The monoisotopic (exact) mass is 306 g/mol. The fourth-order valence-corrected chi connectivity index (χ4v) is 4.23. The second kappa shape index (κ2) is 7.58. The summed E-state index contributed by atoms with van der Waals surface area (Å²) in [5.41, 5.74) is 0.996. The largest absolute Gasteiger partial charge is 0.302 e. The highest BCUT2D eigenvalue weighted by atomic mass is 35.5. The number of alkyl halides is 1. The Kier molecular flexibility index (Phi) is 6.08. The van der Waals surface area contributed by atoms with E-state index < -0.39 is 10.8 Å². The minimum Gasteiger partial charge on any atom is -0.302 e. The zero-order valence-electron chi connectivity index (χ0n) is 10.4. The standard InChI is InChI=1S/C12H19ClN2OS2/c13-9-11-10-17-12(14-11)3-1-2-4-15-5-7-18(16)8-6-15/h10H,1-9H2. The van der Waals surface area contributed by atoms with Crippen molar-refractivity contribution in [1.29, 1.82) is 0 Å². The number of halogens is 1. The molecule has 0 N–H and O–H groups in total. The molecule has 3 nitrogen and oxygen atoms in total. The van der Waals surface area contributed by atoms with E-state index in [1.807, 2.05) is 5.38 Å². The zero-order chi connectivity index (χ0) is 12.8. The highest BCUT2D eigenvalue weighted by molar-refractivity contribution is 7.85. The lowest BCUT2D eigenvalue weighted by atomic mass is 10.2. The normalized spacial score (nSPS) is 18.3. The molecule has 0 aliphatic carbocycles. The predicted octanol–water partition coefficient (Wildman–Crippen LogP) is 2.27. The maximum atomic E-state index is 11.2. The number of hydrogen-bond acceptors (Lipinski definition) is 4. The molecular weight excluding hydrogens is 288 g/mol. The zero-order valence-corrected chi connectivity index (χ0v) is 12.8. The van der Waals surface area contributed by atoms with Crippen LogP contribution in [0.3, 0.4) is 0 Å². The fraction of sp³-hybridized carbons (Fsp3) is 0.750. The smallest absolute Gasteiger partial charge is 0.0928 e. The van der Waals surface area contributed by atoms with E-state index in [0.29, 0.717) is 5.88 Å². The van der Waals surface area contributed by atoms with Gasteiger partial charge in [0.2, 0.25) is 0 Å². The number of thiazole rings is 1. The summed E-state index contributed by atoms with van der Waals surface area (Å²) < 4.78 is 11.2. The molecular formula is C12H19ClN2OS2. The van der Waals surface area contributed by atoms with E-state index in [1.54, 1.807) is 11.3 Å². The molecule has 1 saturated heterocycles. The van der Waals surface area contributed by atoms with Gasteiger partial charge in [-0.3, -0.25) is 4.21 Å². The molecule has 2 rings (SSSR count). The van der Waals surface area contributed by atoms with Crippen molar-refractivity contribution >= 4 is 33.7 Å². The molecule has 0 saturated carbocycles. The Labute approximate surface area is 120 Å². The molecule has 18 heavy (non-hydrogen) atoms. The van der Waals surface area contributed by atoms with Gasteiger partial charge in [0.05, 0.1) is 16.6 Å². The van der Waals surface area contributed by atoms with Crippen molar-refractivity contribution in [2.24, 2.45) is 0 Å². The van der Waals surface area contributed by atoms with E-state index in [2.05, 4.69) is 9.88 Å². The second-order valence-electron chi connectivity index (χ2n) is 4.51. The van der Waals surface area contributed by atoms with Gasteiger partial charge >= 0.3 is 0 Å².